The molecule has 0 fully saturated rings. The fraction of sp³-hybridized carbons (Fsp3) is 0.333. The summed E-state index contributed by atoms with van der Waals surface area (Å²) in [5.74, 6) is 2.72. The highest BCUT2D eigenvalue weighted by molar-refractivity contribution is 7.13. The maximum Gasteiger partial charge on any atom is 0.257 e. The Bertz CT molecular complexity index is 817. The molecule has 2 heterocycles. The minimum absolute atomic E-state index is 0.0204. The fourth-order valence-corrected chi connectivity index (χ4v) is 3.12. The Morgan fingerprint density at radius 2 is 2.04 bits per heavy atom. The van der Waals surface area contributed by atoms with Crippen molar-refractivity contribution in [2.75, 3.05) is 21.3 Å². The van der Waals surface area contributed by atoms with Gasteiger partial charge < -0.3 is 13.9 Å². The van der Waals surface area contributed by atoms with E-state index in [2.05, 4.69) is 15.1 Å². The third-order valence-electron chi connectivity index (χ3n) is 4.11. The summed E-state index contributed by atoms with van der Waals surface area (Å²) in [4.78, 5) is 3.11. The van der Waals surface area contributed by atoms with Crippen LogP contribution >= 0.6 is 11.3 Å². The van der Waals surface area contributed by atoms with E-state index in [4.69, 9.17) is 13.9 Å². The molecular formula is C18H21N3O3S. The Balaban J connectivity index is 1.74. The van der Waals surface area contributed by atoms with E-state index in [1.165, 1.54) is 0 Å². The minimum Gasteiger partial charge on any atom is -0.497 e. The molecule has 6 nitrogen and oxygen atoms in total. The third-order valence-corrected chi connectivity index (χ3v) is 4.96. The second-order valence-corrected chi connectivity index (χ2v) is 6.64. The van der Waals surface area contributed by atoms with Gasteiger partial charge in [0.15, 0.2) is 0 Å². The van der Waals surface area contributed by atoms with Gasteiger partial charge in [-0.05, 0) is 31.5 Å². The molecule has 0 saturated heterocycles. The van der Waals surface area contributed by atoms with Gasteiger partial charge >= 0.3 is 0 Å². The van der Waals surface area contributed by atoms with E-state index in [1.807, 2.05) is 49.7 Å². The summed E-state index contributed by atoms with van der Waals surface area (Å²) in [7, 11) is 5.32. The number of aromatic nitrogens is 2. The zero-order valence-corrected chi connectivity index (χ0v) is 15.5. The summed E-state index contributed by atoms with van der Waals surface area (Å²) < 4.78 is 16.6. The molecule has 0 amide bonds. The van der Waals surface area contributed by atoms with Crippen molar-refractivity contribution in [2.24, 2.45) is 0 Å². The summed E-state index contributed by atoms with van der Waals surface area (Å²) in [6.07, 6.45) is 0. The van der Waals surface area contributed by atoms with Crippen LogP contribution in [0.15, 0.2) is 40.1 Å². The molecule has 0 radical (unpaired) electrons. The van der Waals surface area contributed by atoms with Gasteiger partial charge in [0.1, 0.15) is 11.5 Å². The number of rotatable bonds is 7. The number of benzene rings is 1. The molecule has 0 aliphatic rings. The highest BCUT2D eigenvalue weighted by Gasteiger charge is 2.20. The lowest BCUT2D eigenvalue weighted by molar-refractivity contribution is 0.215. The van der Waals surface area contributed by atoms with Crippen LogP contribution in [0.2, 0.25) is 0 Å². The quantitative estimate of drug-likeness (QED) is 0.635. The van der Waals surface area contributed by atoms with Gasteiger partial charge in [-0.15, -0.1) is 21.5 Å². The summed E-state index contributed by atoms with van der Waals surface area (Å²) in [6, 6.07) is 9.74. The lowest BCUT2D eigenvalue weighted by Gasteiger charge is -2.23. The van der Waals surface area contributed by atoms with E-state index in [9.17, 15) is 0 Å². The summed E-state index contributed by atoms with van der Waals surface area (Å²) in [6.45, 7) is 2.73. The van der Waals surface area contributed by atoms with Crippen molar-refractivity contribution in [3.63, 3.8) is 0 Å². The predicted octanol–water partition coefficient (Wildman–Crippen LogP) is 4.01. The molecule has 3 rings (SSSR count). The SMILES string of the molecule is COc1ccc(CN(C)[C@@H](C)c2nnc(-c3cccs3)o2)c(OC)c1. The van der Waals surface area contributed by atoms with Crippen LogP contribution < -0.4 is 9.47 Å². The van der Waals surface area contributed by atoms with Crippen molar-refractivity contribution in [1.82, 2.24) is 15.1 Å². The standard InChI is InChI=1S/C18H21N3O3S/c1-12(17-19-20-18(24-17)16-6-5-9-25-16)21(2)11-13-7-8-14(22-3)10-15(13)23-4/h5-10,12H,11H2,1-4H3/t12-/m0/s1. The highest BCUT2D eigenvalue weighted by atomic mass is 32.1. The van der Waals surface area contributed by atoms with E-state index in [1.54, 1.807) is 25.6 Å². The highest BCUT2D eigenvalue weighted by Crippen LogP contribution is 2.29. The Labute approximate surface area is 151 Å². The molecule has 0 aliphatic heterocycles. The number of methoxy groups -OCH3 is 2. The largest absolute Gasteiger partial charge is 0.497 e. The van der Waals surface area contributed by atoms with Crippen molar-refractivity contribution in [3.8, 4) is 22.3 Å². The van der Waals surface area contributed by atoms with E-state index < -0.39 is 0 Å². The van der Waals surface area contributed by atoms with Crippen LogP contribution in [0, 0.1) is 0 Å². The van der Waals surface area contributed by atoms with Crippen LogP contribution in [0.4, 0.5) is 0 Å². The molecule has 25 heavy (non-hydrogen) atoms. The summed E-state index contributed by atoms with van der Waals surface area (Å²) >= 11 is 1.58. The molecule has 0 unspecified atom stereocenters. The number of hydrogen-bond acceptors (Lipinski definition) is 7. The number of hydrogen-bond donors (Lipinski definition) is 0. The van der Waals surface area contributed by atoms with Gasteiger partial charge in [0.25, 0.3) is 5.89 Å². The average molecular weight is 359 g/mol. The van der Waals surface area contributed by atoms with Gasteiger partial charge in [0.2, 0.25) is 5.89 Å². The summed E-state index contributed by atoms with van der Waals surface area (Å²) in [5.41, 5.74) is 1.07. The van der Waals surface area contributed by atoms with Crippen molar-refractivity contribution in [3.05, 3.63) is 47.2 Å². The van der Waals surface area contributed by atoms with Gasteiger partial charge in [-0.2, -0.15) is 0 Å². The first-order valence-corrected chi connectivity index (χ1v) is 8.78. The summed E-state index contributed by atoms with van der Waals surface area (Å²) in [5, 5.41) is 10.3. The Kier molecular flexibility index (Phi) is 5.35. The number of nitrogens with zero attached hydrogens (tertiary/aromatic N) is 3. The molecule has 132 valence electrons. The zero-order valence-electron chi connectivity index (χ0n) is 14.7. The Morgan fingerprint density at radius 1 is 1.20 bits per heavy atom. The van der Waals surface area contributed by atoms with Crippen LogP contribution in [0.25, 0.3) is 10.8 Å². The average Bonchev–Trinajstić information content (AvgIpc) is 3.32. The lowest BCUT2D eigenvalue weighted by atomic mass is 10.1. The first-order valence-electron chi connectivity index (χ1n) is 7.90. The molecule has 7 heteroatoms. The first kappa shape index (κ1) is 17.4. The van der Waals surface area contributed by atoms with Crippen molar-refractivity contribution in [2.45, 2.75) is 19.5 Å². The molecule has 0 saturated carbocycles. The first-order chi connectivity index (χ1) is 12.1. The Morgan fingerprint density at radius 3 is 2.72 bits per heavy atom. The second-order valence-electron chi connectivity index (χ2n) is 5.69. The van der Waals surface area contributed by atoms with E-state index in [0.29, 0.717) is 18.3 Å². The van der Waals surface area contributed by atoms with Gasteiger partial charge in [-0.25, -0.2) is 0 Å². The second kappa shape index (κ2) is 7.67. The smallest absolute Gasteiger partial charge is 0.257 e. The van der Waals surface area contributed by atoms with Crippen LogP contribution in [0.1, 0.15) is 24.4 Å². The lowest BCUT2D eigenvalue weighted by Crippen LogP contribution is -2.22. The Hall–Kier alpha value is -2.38. The fourth-order valence-electron chi connectivity index (χ4n) is 2.48. The van der Waals surface area contributed by atoms with Gasteiger partial charge in [0, 0.05) is 18.2 Å². The molecule has 0 N–H and O–H groups in total. The molecule has 1 aromatic carbocycles. The number of thiophene rings is 1. The minimum atomic E-state index is -0.0204. The molecule has 0 bridgehead atoms. The maximum absolute atomic E-state index is 5.84. The van der Waals surface area contributed by atoms with E-state index in [-0.39, 0.29) is 6.04 Å². The topological polar surface area (TPSA) is 60.6 Å². The maximum atomic E-state index is 5.84. The molecule has 3 aromatic rings. The van der Waals surface area contributed by atoms with Crippen molar-refractivity contribution < 1.29 is 13.9 Å². The van der Waals surface area contributed by atoms with E-state index >= 15 is 0 Å². The van der Waals surface area contributed by atoms with E-state index in [0.717, 1.165) is 21.9 Å². The van der Waals surface area contributed by atoms with Crippen LogP contribution in [0.3, 0.4) is 0 Å². The van der Waals surface area contributed by atoms with Gasteiger partial charge in [-0.3, -0.25) is 4.90 Å². The normalized spacial score (nSPS) is 12.4. The number of ether oxygens (including phenoxy) is 2. The molecule has 2 aromatic heterocycles. The van der Waals surface area contributed by atoms with Crippen LogP contribution in [0.5, 0.6) is 11.5 Å². The van der Waals surface area contributed by atoms with Crippen molar-refractivity contribution in [1.29, 1.82) is 0 Å². The van der Waals surface area contributed by atoms with Crippen LogP contribution in [-0.2, 0) is 6.54 Å². The molecule has 0 aliphatic carbocycles. The van der Waals surface area contributed by atoms with Gasteiger partial charge in [0.05, 0.1) is 25.1 Å². The molecular weight excluding hydrogens is 338 g/mol. The van der Waals surface area contributed by atoms with Crippen molar-refractivity contribution >= 4 is 11.3 Å². The third kappa shape index (κ3) is 3.83. The predicted molar refractivity (Wildman–Crippen MR) is 97.0 cm³/mol. The molecule has 0 spiro atoms. The molecule has 1 atom stereocenters. The van der Waals surface area contributed by atoms with Gasteiger partial charge in [-0.1, -0.05) is 12.1 Å². The monoisotopic (exact) mass is 359 g/mol. The van der Waals surface area contributed by atoms with Crippen LogP contribution in [-0.4, -0.2) is 36.4 Å². The zero-order chi connectivity index (χ0) is 17.8.